The van der Waals surface area contributed by atoms with Gasteiger partial charge in [0.05, 0.1) is 16.3 Å². The van der Waals surface area contributed by atoms with Gasteiger partial charge in [-0.1, -0.05) is 23.8 Å². The van der Waals surface area contributed by atoms with Crippen LogP contribution in [0, 0.1) is 6.92 Å². The van der Waals surface area contributed by atoms with Crippen molar-refractivity contribution in [3.05, 3.63) is 48.0 Å². The average Bonchev–Trinajstić information content (AvgIpc) is 2.88. The second kappa shape index (κ2) is 5.84. The minimum Gasteiger partial charge on any atom is -0.491 e. The molecule has 3 rings (SSSR count). The second-order valence-corrected chi connectivity index (χ2v) is 6.21. The van der Waals surface area contributed by atoms with Gasteiger partial charge in [0, 0.05) is 5.56 Å². The van der Waals surface area contributed by atoms with Crippen molar-refractivity contribution in [3.63, 3.8) is 0 Å². The highest BCUT2D eigenvalue weighted by molar-refractivity contribution is 7.21. The van der Waals surface area contributed by atoms with Crippen LogP contribution in [0.4, 0.5) is 0 Å². The zero-order chi connectivity index (χ0) is 14.8. The Morgan fingerprint density at radius 1 is 1.24 bits per heavy atom. The Balaban J connectivity index is 1.93. The van der Waals surface area contributed by atoms with Crippen LogP contribution in [0.1, 0.15) is 12.5 Å². The predicted octanol–water partition coefficient (Wildman–Crippen LogP) is 4.03. The van der Waals surface area contributed by atoms with E-state index in [2.05, 4.69) is 30.1 Å². The zero-order valence-electron chi connectivity index (χ0n) is 12.0. The number of hydrogen-bond donors (Lipinski definition) is 1. The van der Waals surface area contributed by atoms with Crippen molar-refractivity contribution in [3.8, 4) is 16.3 Å². The highest BCUT2D eigenvalue weighted by Gasteiger charge is 2.08. The molecule has 0 fully saturated rings. The lowest BCUT2D eigenvalue weighted by Crippen LogP contribution is -2.12. The Morgan fingerprint density at radius 2 is 2.10 bits per heavy atom. The van der Waals surface area contributed by atoms with Gasteiger partial charge in [0.1, 0.15) is 17.4 Å². The summed E-state index contributed by atoms with van der Waals surface area (Å²) in [5.74, 6) is 0.767. The van der Waals surface area contributed by atoms with Crippen LogP contribution >= 0.6 is 11.3 Å². The molecule has 21 heavy (non-hydrogen) atoms. The van der Waals surface area contributed by atoms with E-state index in [0.29, 0.717) is 6.61 Å². The molecular weight excluding hydrogens is 282 g/mol. The third-order valence-electron chi connectivity index (χ3n) is 3.12. The fraction of sp³-hybridized carbons (Fsp3) is 0.235. The van der Waals surface area contributed by atoms with E-state index in [1.165, 1.54) is 5.56 Å². The number of rotatable bonds is 4. The molecule has 108 valence electrons. The maximum absolute atomic E-state index is 9.27. The molecule has 0 saturated carbocycles. The lowest BCUT2D eigenvalue weighted by molar-refractivity contribution is 0.123. The predicted molar refractivity (Wildman–Crippen MR) is 87.0 cm³/mol. The molecule has 0 amide bonds. The number of hydrogen-bond acceptors (Lipinski definition) is 4. The fourth-order valence-corrected chi connectivity index (χ4v) is 3.10. The van der Waals surface area contributed by atoms with Crippen molar-refractivity contribution in [2.24, 2.45) is 0 Å². The summed E-state index contributed by atoms with van der Waals surface area (Å²) in [7, 11) is 0. The van der Waals surface area contributed by atoms with E-state index in [1.807, 2.05) is 24.3 Å². The highest BCUT2D eigenvalue weighted by Crippen LogP contribution is 2.32. The lowest BCUT2D eigenvalue weighted by atomic mass is 10.1. The first-order valence-corrected chi connectivity index (χ1v) is 7.72. The molecule has 2 aromatic carbocycles. The highest BCUT2D eigenvalue weighted by atomic mass is 32.1. The zero-order valence-corrected chi connectivity index (χ0v) is 12.9. The normalized spacial score (nSPS) is 12.5. The average molecular weight is 299 g/mol. The summed E-state index contributed by atoms with van der Waals surface area (Å²) in [6.45, 7) is 4.09. The summed E-state index contributed by atoms with van der Waals surface area (Å²) >= 11 is 1.65. The molecule has 0 bridgehead atoms. The van der Waals surface area contributed by atoms with E-state index in [0.717, 1.165) is 26.5 Å². The van der Waals surface area contributed by atoms with Gasteiger partial charge in [-0.05, 0) is 38.1 Å². The van der Waals surface area contributed by atoms with Gasteiger partial charge in [0.25, 0.3) is 0 Å². The maximum Gasteiger partial charge on any atom is 0.124 e. The van der Waals surface area contributed by atoms with Crippen LogP contribution in [0.2, 0.25) is 0 Å². The molecule has 1 N–H and O–H groups in total. The molecular formula is C17H17NO2S. The van der Waals surface area contributed by atoms with E-state index in [4.69, 9.17) is 4.74 Å². The van der Waals surface area contributed by atoms with Gasteiger partial charge < -0.3 is 9.84 Å². The maximum atomic E-state index is 9.27. The van der Waals surface area contributed by atoms with Crippen molar-refractivity contribution in [2.45, 2.75) is 20.0 Å². The number of aromatic nitrogens is 1. The number of aryl methyl sites for hydroxylation is 1. The second-order valence-electron chi connectivity index (χ2n) is 5.18. The minimum absolute atomic E-state index is 0.301. The number of aliphatic hydroxyl groups is 1. The Morgan fingerprint density at radius 3 is 2.86 bits per heavy atom. The van der Waals surface area contributed by atoms with Crippen LogP contribution in [-0.2, 0) is 0 Å². The standard InChI is InChI=1S/C17H17NO2S/c1-11-4-3-5-13(8-11)17-18-15-7-6-14(9-16(15)21-17)20-10-12(2)19/h3-9,12,19H,10H2,1-2H3. The van der Waals surface area contributed by atoms with Gasteiger partial charge in [0.15, 0.2) is 0 Å². The third-order valence-corrected chi connectivity index (χ3v) is 4.18. The molecule has 0 aliphatic heterocycles. The SMILES string of the molecule is Cc1cccc(-c2nc3ccc(OCC(C)O)cc3s2)c1. The number of benzene rings is 2. The molecule has 0 aliphatic carbocycles. The number of fused-ring (bicyclic) bond motifs is 1. The smallest absolute Gasteiger partial charge is 0.124 e. The monoisotopic (exact) mass is 299 g/mol. The van der Waals surface area contributed by atoms with Crippen molar-refractivity contribution >= 4 is 21.6 Å². The lowest BCUT2D eigenvalue weighted by Gasteiger charge is -2.07. The van der Waals surface area contributed by atoms with E-state index < -0.39 is 6.10 Å². The topological polar surface area (TPSA) is 42.4 Å². The summed E-state index contributed by atoms with van der Waals surface area (Å²) in [5.41, 5.74) is 3.34. The van der Waals surface area contributed by atoms with Gasteiger partial charge in [0.2, 0.25) is 0 Å². The van der Waals surface area contributed by atoms with Crippen LogP contribution in [0.5, 0.6) is 5.75 Å². The van der Waals surface area contributed by atoms with Crippen LogP contribution in [0.25, 0.3) is 20.8 Å². The van der Waals surface area contributed by atoms with Gasteiger partial charge >= 0.3 is 0 Å². The molecule has 0 aliphatic rings. The third kappa shape index (κ3) is 3.23. The van der Waals surface area contributed by atoms with E-state index in [9.17, 15) is 5.11 Å². The Kier molecular flexibility index (Phi) is 3.90. The summed E-state index contributed by atoms with van der Waals surface area (Å²) in [4.78, 5) is 4.67. The number of ether oxygens (including phenoxy) is 1. The minimum atomic E-state index is -0.468. The Bertz CT molecular complexity index is 764. The summed E-state index contributed by atoms with van der Waals surface area (Å²) in [5, 5.41) is 10.3. The van der Waals surface area contributed by atoms with E-state index in [1.54, 1.807) is 18.3 Å². The first-order valence-electron chi connectivity index (χ1n) is 6.90. The molecule has 0 saturated heterocycles. The molecule has 3 nitrogen and oxygen atoms in total. The van der Waals surface area contributed by atoms with E-state index >= 15 is 0 Å². The van der Waals surface area contributed by atoms with Gasteiger partial charge in [-0.3, -0.25) is 0 Å². The molecule has 1 unspecified atom stereocenters. The molecule has 1 atom stereocenters. The Hall–Kier alpha value is -1.91. The van der Waals surface area contributed by atoms with E-state index in [-0.39, 0.29) is 0 Å². The quantitative estimate of drug-likeness (QED) is 0.791. The Labute approximate surface area is 127 Å². The molecule has 1 aromatic heterocycles. The summed E-state index contributed by atoms with van der Waals surface area (Å²) in [6.07, 6.45) is -0.468. The first-order chi connectivity index (χ1) is 10.1. The van der Waals surface area contributed by atoms with Crippen LogP contribution < -0.4 is 4.74 Å². The fourth-order valence-electron chi connectivity index (χ4n) is 2.11. The van der Waals surface area contributed by atoms with Crippen molar-refractivity contribution in [2.75, 3.05) is 6.61 Å². The number of aliphatic hydroxyl groups excluding tert-OH is 1. The van der Waals surface area contributed by atoms with Crippen LogP contribution in [0.3, 0.4) is 0 Å². The molecule has 0 spiro atoms. The van der Waals surface area contributed by atoms with Crippen molar-refractivity contribution < 1.29 is 9.84 Å². The molecule has 1 heterocycles. The van der Waals surface area contributed by atoms with Crippen LogP contribution in [-0.4, -0.2) is 22.8 Å². The van der Waals surface area contributed by atoms with Gasteiger partial charge in [-0.25, -0.2) is 4.98 Å². The number of thiazole rings is 1. The summed E-state index contributed by atoms with van der Waals surface area (Å²) < 4.78 is 6.63. The van der Waals surface area contributed by atoms with Crippen molar-refractivity contribution in [1.82, 2.24) is 4.98 Å². The first kappa shape index (κ1) is 14.0. The summed E-state index contributed by atoms with van der Waals surface area (Å²) in [6, 6.07) is 14.2. The molecule has 4 heteroatoms. The molecule has 0 radical (unpaired) electrons. The number of nitrogens with zero attached hydrogens (tertiary/aromatic N) is 1. The van der Waals surface area contributed by atoms with Gasteiger partial charge in [-0.15, -0.1) is 11.3 Å². The van der Waals surface area contributed by atoms with Gasteiger partial charge in [-0.2, -0.15) is 0 Å². The largest absolute Gasteiger partial charge is 0.491 e. The van der Waals surface area contributed by atoms with Crippen molar-refractivity contribution in [1.29, 1.82) is 0 Å². The van der Waals surface area contributed by atoms with Crippen LogP contribution in [0.15, 0.2) is 42.5 Å². The molecule has 3 aromatic rings.